The van der Waals surface area contributed by atoms with Gasteiger partial charge in [0.05, 0.1) is 12.1 Å². The third kappa shape index (κ3) is 6.81. The fraction of sp³-hybridized carbons (Fsp3) is 0.381. The molecule has 1 aliphatic heterocycles. The Hall–Kier alpha value is -2.88. The number of carbonyl (C=O) groups is 1. The molecule has 0 aliphatic carbocycles. The van der Waals surface area contributed by atoms with Crippen molar-refractivity contribution in [3.05, 3.63) is 59.7 Å². The van der Waals surface area contributed by atoms with E-state index in [9.17, 15) is 26.7 Å². The molecule has 0 atom stereocenters. The average molecular weight is 443 g/mol. The number of hydrogen-bond acceptors (Lipinski definition) is 4. The van der Waals surface area contributed by atoms with Crippen LogP contribution >= 0.6 is 0 Å². The van der Waals surface area contributed by atoms with E-state index in [-0.39, 0.29) is 24.7 Å². The molecule has 1 amide bonds. The molecule has 0 radical (unpaired) electrons. The summed E-state index contributed by atoms with van der Waals surface area (Å²) >= 11 is 0. The highest BCUT2D eigenvalue weighted by molar-refractivity contribution is 5.78. The van der Waals surface area contributed by atoms with Gasteiger partial charge in [0.25, 0.3) is 0 Å². The highest BCUT2D eigenvalue weighted by Gasteiger charge is 2.31. The topological polar surface area (TPSA) is 44.8 Å². The lowest BCUT2D eigenvalue weighted by molar-refractivity contribution is -0.137. The van der Waals surface area contributed by atoms with Crippen molar-refractivity contribution in [1.29, 1.82) is 0 Å². The first-order valence-corrected chi connectivity index (χ1v) is 9.66. The van der Waals surface area contributed by atoms with Gasteiger partial charge in [0.1, 0.15) is 5.75 Å². The monoisotopic (exact) mass is 443 g/mol. The Labute approximate surface area is 176 Å². The average Bonchev–Trinajstić information content (AvgIpc) is 2.73. The Kier molecular flexibility index (Phi) is 7.32. The molecule has 5 nitrogen and oxygen atoms in total. The number of amides is 1. The SMILES string of the molecule is O=C(CN1CCN(c2cccc(C(F)(F)F)c2)CC1)NCc1ccc(OC(F)F)cc1. The zero-order valence-electron chi connectivity index (χ0n) is 16.5. The van der Waals surface area contributed by atoms with Gasteiger partial charge in [0.15, 0.2) is 0 Å². The minimum atomic E-state index is -4.38. The van der Waals surface area contributed by atoms with Crippen LogP contribution in [-0.4, -0.2) is 50.1 Å². The molecule has 3 rings (SSSR count). The van der Waals surface area contributed by atoms with Crippen molar-refractivity contribution in [3.63, 3.8) is 0 Å². The first-order valence-electron chi connectivity index (χ1n) is 9.66. The molecule has 1 heterocycles. The van der Waals surface area contributed by atoms with Crippen LogP contribution in [0.4, 0.5) is 27.6 Å². The summed E-state index contributed by atoms with van der Waals surface area (Å²) < 4.78 is 67.3. The van der Waals surface area contributed by atoms with Gasteiger partial charge in [0, 0.05) is 38.4 Å². The minimum absolute atomic E-state index is 0.0451. The van der Waals surface area contributed by atoms with E-state index < -0.39 is 18.4 Å². The van der Waals surface area contributed by atoms with Gasteiger partial charge in [-0.25, -0.2) is 0 Å². The summed E-state index contributed by atoms with van der Waals surface area (Å²) in [5, 5.41) is 2.77. The Morgan fingerprint density at radius 2 is 1.71 bits per heavy atom. The number of halogens is 5. The molecule has 1 fully saturated rings. The number of benzene rings is 2. The van der Waals surface area contributed by atoms with Crippen LogP contribution in [0, 0.1) is 0 Å². The third-order valence-electron chi connectivity index (χ3n) is 4.92. The molecule has 2 aromatic carbocycles. The quantitative estimate of drug-likeness (QED) is 0.663. The van der Waals surface area contributed by atoms with E-state index in [0.29, 0.717) is 31.9 Å². The number of nitrogens with zero attached hydrogens (tertiary/aromatic N) is 2. The molecule has 0 saturated carbocycles. The van der Waals surface area contributed by atoms with Crippen molar-refractivity contribution in [2.75, 3.05) is 37.6 Å². The van der Waals surface area contributed by atoms with Gasteiger partial charge in [-0.1, -0.05) is 18.2 Å². The zero-order chi connectivity index (χ0) is 22.4. The molecular weight excluding hydrogens is 421 g/mol. The maximum absolute atomic E-state index is 12.9. The molecule has 1 saturated heterocycles. The standard InChI is InChI=1S/C21H22F5N3O2/c22-20(23)31-18-6-4-15(5-7-18)13-27-19(30)14-28-8-10-29(11-9-28)17-3-1-2-16(12-17)21(24,25)26/h1-7,12,20H,8-11,13-14H2,(H,27,30). The van der Waals surface area contributed by atoms with Crippen molar-refractivity contribution >= 4 is 11.6 Å². The largest absolute Gasteiger partial charge is 0.435 e. The van der Waals surface area contributed by atoms with E-state index in [4.69, 9.17) is 0 Å². The Bertz CT molecular complexity index is 866. The van der Waals surface area contributed by atoms with Gasteiger partial charge in [-0.3, -0.25) is 9.69 Å². The molecule has 1 N–H and O–H groups in total. The van der Waals surface area contributed by atoms with E-state index >= 15 is 0 Å². The summed E-state index contributed by atoms with van der Waals surface area (Å²) in [6.45, 7) is -0.354. The number of hydrogen-bond donors (Lipinski definition) is 1. The normalized spacial score (nSPS) is 15.2. The number of rotatable bonds is 7. The number of anilines is 1. The van der Waals surface area contributed by atoms with Crippen LogP contribution in [0.1, 0.15) is 11.1 Å². The number of alkyl halides is 5. The predicted molar refractivity (Wildman–Crippen MR) is 105 cm³/mol. The summed E-state index contributed by atoms with van der Waals surface area (Å²) in [7, 11) is 0. The molecular formula is C21H22F5N3O2. The lowest BCUT2D eigenvalue weighted by atomic mass is 10.1. The second-order valence-corrected chi connectivity index (χ2v) is 7.11. The van der Waals surface area contributed by atoms with Crippen molar-refractivity contribution in [1.82, 2.24) is 10.2 Å². The summed E-state index contributed by atoms with van der Waals surface area (Å²) in [6.07, 6.45) is -4.38. The molecule has 10 heteroatoms. The molecule has 168 valence electrons. The van der Waals surface area contributed by atoms with Gasteiger partial charge >= 0.3 is 12.8 Å². The predicted octanol–water partition coefficient (Wildman–Crippen LogP) is 3.75. The molecule has 0 unspecified atom stereocenters. The number of piperazine rings is 1. The maximum Gasteiger partial charge on any atom is 0.416 e. The fourth-order valence-corrected chi connectivity index (χ4v) is 3.29. The number of ether oxygens (including phenoxy) is 1. The lowest BCUT2D eigenvalue weighted by Crippen LogP contribution is -2.49. The number of nitrogens with one attached hydrogen (secondary N) is 1. The van der Waals surface area contributed by atoms with E-state index in [1.165, 1.54) is 18.2 Å². The second-order valence-electron chi connectivity index (χ2n) is 7.11. The lowest BCUT2D eigenvalue weighted by Gasteiger charge is -2.36. The zero-order valence-corrected chi connectivity index (χ0v) is 16.5. The summed E-state index contributed by atoms with van der Waals surface area (Å²) in [4.78, 5) is 16.0. The highest BCUT2D eigenvalue weighted by Crippen LogP contribution is 2.31. The van der Waals surface area contributed by atoms with E-state index in [2.05, 4.69) is 10.1 Å². The van der Waals surface area contributed by atoms with Crippen LogP contribution in [0.2, 0.25) is 0 Å². The van der Waals surface area contributed by atoms with Crippen LogP contribution in [0.5, 0.6) is 5.75 Å². The van der Waals surface area contributed by atoms with E-state index in [1.807, 2.05) is 9.80 Å². The third-order valence-corrected chi connectivity index (χ3v) is 4.92. The van der Waals surface area contributed by atoms with Gasteiger partial charge in [-0.05, 0) is 35.9 Å². The van der Waals surface area contributed by atoms with Crippen molar-refractivity contribution < 1.29 is 31.5 Å². The first kappa shape index (κ1) is 22.8. The second kappa shape index (κ2) is 9.95. The summed E-state index contributed by atoms with van der Waals surface area (Å²) in [5.41, 5.74) is 0.572. The van der Waals surface area contributed by atoms with Crippen LogP contribution in [0.25, 0.3) is 0 Å². The Morgan fingerprint density at radius 1 is 1.03 bits per heavy atom. The van der Waals surface area contributed by atoms with Crippen molar-refractivity contribution in [3.8, 4) is 5.75 Å². The van der Waals surface area contributed by atoms with Crippen molar-refractivity contribution in [2.24, 2.45) is 0 Å². The smallest absolute Gasteiger partial charge is 0.416 e. The summed E-state index contributed by atoms with van der Waals surface area (Å²) in [6, 6.07) is 11.2. The van der Waals surface area contributed by atoms with Crippen LogP contribution in [0.15, 0.2) is 48.5 Å². The molecule has 2 aromatic rings. The molecule has 0 spiro atoms. The molecule has 0 bridgehead atoms. The molecule has 31 heavy (non-hydrogen) atoms. The maximum atomic E-state index is 12.9. The van der Waals surface area contributed by atoms with Crippen LogP contribution in [-0.2, 0) is 17.5 Å². The van der Waals surface area contributed by atoms with Crippen LogP contribution in [0.3, 0.4) is 0 Å². The van der Waals surface area contributed by atoms with Gasteiger partial charge in [-0.15, -0.1) is 0 Å². The van der Waals surface area contributed by atoms with Crippen molar-refractivity contribution in [2.45, 2.75) is 19.3 Å². The molecule has 1 aliphatic rings. The van der Waals surface area contributed by atoms with Crippen LogP contribution < -0.4 is 15.0 Å². The van der Waals surface area contributed by atoms with Gasteiger partial charge in [-0.2, -0.15) is 22.0 Å². The van der Waals surface area contributed by atoms with E-state index in [0.717, 1.165) is 17.7 Å². The van der Waals surface area contributed by atoms with Gasteiger partial charge in [0.2, 0.25) is 5.91 Å². The Balaban J connectivity index is 1.43. The van der Waals surface area contributed by atoms with E-state index in [1.54, 1.807) is 18.2 Å². The fourth-order valence-electron chi connectivity index (χ4n) is 3.29. The number of carbonyl (C=O) groups excluding carboxylic acids is 1. The minimum Gasteiger partial charge on any atom is -0.435 e. The summed E-state index contributed by atoms with van der Waals surface area (Å²) in [5.74, 6) is -0.149. The molecule has 0 aromatic heterocycles. The first-order chi connectivity index (χ1) is 14.7. The highest BCUT2D eigenvalue weighted by atomic mass is 19.4. The van der Waals surface area contributed by atoms with Gasteiger partial charge < -0.3 is 15.0 Å². The Morgan fingerprint density at radius 3 is 2.32 bits per heavy atom.